The van der Waals surface area contributed by atoms with Gasteiger partial charge in [0.1, 0.15) is 0 Å². The lowest BCUT2D eigenvalue weighted by Gasteiger charge is -1.84. The number of hydrogen-bond donors (Lipinski definition) is 2. The highest BCUT2D eigenvalue weighted by atomic mass is 127. The summed E-state index contributed by atoms with van der Waals surface area (Å²) in [7, 11) is 0. The molecule has 0 heterocycles. The molecule has 0 aliphatic carbocycles. The molecule has 2 nitrogen and oxygen atoms in total. The van der Waals surface area contributed by atoms with E-state index in [2.05, 4.69) is 16.2 Å². The fraction of sp³-hybridized carbons (Fsp3) is 0.500. The van der Waals surface area contributed by atoms with Gasteiger partial charge in [-0.05, 0) is 0 Å². The zero-order valence-electron chi connectivity index (χ0n) is 2.94. The van der Waals surface area contributed by atoms with Crippen LogP contribution in [0.5, 0.6) is 0 Å². The predicted molar refractivity (Wildman–Crippen MR) is 36.0 cm³/mol. The van der Waals surface area contributed by atoms with Crippen molar-refractivity contribution in [3.05, 3.63) is 0 Å². The molecule has 0 fully saturated rings. The number of halogens is 1. The van der Waals surface area contributed by atoms with E-state index in [-0.39, 0.29) is 11.7 Å². The summed E-state index contributed by atoms with van der Waals surface area (Å²) < 4.78 is 2.37. The first kappa shape index (κ1) is 6.55. The van der Waals surface area contributed by atoms with Gasteiger partial charge in [-0.3, -0.25) is 8.32 Å². The Hall–Kier alpha value is 0.550. The molecule has 0 aliphatic rings. The Morgan fingerprint density at radius 2 is 2.50 bits per heavy atom. The van der Waals surface area contributed by atoms with Crippen LogP contribution in [0.15, 0.2) is 0 Å². The molecule has 0 rings (SSSR count). The van der Waals surface area contributed by atoms with Crippen LogP contribution in [0.25, 0.3) is 0 Å². The predicted octanol–water partition coefficient (Wildman–Crippen LogP) is 0.382. The van der Waals surface area contributed by atoms with E-state index < -0.39 is 0 Å². The van der Waals surface area contributed by atoms with E-state index in [0.717, 1.165) is 0 Å². The quantitative estimate of drug-likeness (QED) is 0.371. The van der Waals surface area contributed by atoms with Gasteiger partial charge in [-0.15, -0.1) is 0 Å². The summed E-state index contributed by atoms with van der Waals surface area (Å²) in [5.74, 6) is 0.210. The summed E-state index contributed by atoms with van der Waals surface area (Å²) in [5, 5.41) is 0. The van der Waals surface area contributed by atoms with Crippen LogP contribution in [0.3, 0.4) is 0 Å². The highest BCUT2D eigenvalue weighted by Gasteiger charge is 1.87. The Bertz CT molecular complexity index is 51.5. The van der Waals surface area contributed by atoms with Crippen LogP contribution in [0, 0.1) is 0 Å². The maximum Gasteiger partial charge on any atom is 0.238 e. The first-order valence-corrected chi connectivity index (χ1v) is 3.02. The van der Waals surface area contributed by atoms with E-state index in [1.54, 1.807) is 22.9 Å². The Labute approximate surface area is 55.6 Å². The van der Waals surface area contributed by atoms with Gasteiger partial charge in [0.25, 0.3) is 0 Å². The first-order valence-electron chi connectivity index (χ1n) is 1.31. The second kappa shape index (κ2) is 3.73. The van der Waals surface area contributed by atoms with E-state index in [1.807, 2.05) is 0 Å². The number of amides is 1. The van der Waals surface area contributed by atoms with Gasteiger partial charge >= 0.3 is 0 Å². The summed E-state index contributed by atoms with van der Waals surface area (Å²) in [5.41, 5.74) is 0. The molecule has 0 aromatic carbocycles. The van der Waals surface area contributed by atoms with Crippen molar-refractivity contribution < 1.29 is 4.79 Å². The summed E-state index contributed by atoms with van der Waals surface area (Å²) in [4.78, 5) is 9.99. The van der Waals surface area contributed by atoms with Crippen LogP contribution < -0.4 is 3.53 Å². The van der Waals surface area contributed by atoms with Gasteiger partial charge in [0, 0.05) is 0 Å². The lowest BCUT2D eigenvalue weighted by molar-refractivity contribution is -0.116. The lowest BCUT2D eigenvalue weighted by Crippen LogP contribution is -2.11. The van der Waals surface area contributed by atoms with Gasteiger partial charge in [0.2, 0.25) is 5.91 Å². The standard InChI is InChI=1S/C2H4INOS/c3-4-2(5)1-6/h6H,1H2,(H,4,5). The Kier molecular flexibility index (Phi) is 4.07. The molecule has 0 aromatic heterocycles. The van der Waals surface area contributed by atoms with E-state index in [9.17, 15) is 4.79 Å². The molecule has 0 bridgehead atoms. The molecule has 1 N–H and O–H groups in total. The Balaban J connectivity index is 2.99. The largest absolute Gasteiger partial charge is 0.298 e. The van der Waals surface area contributed by atoms with Crippen molar-refractivity contribution in [2.24, 2.45) is 0 Å². The number of rotatable bonds is 1. The fourth-order valence-corrected chi connectivity index (χ4v) is 0.601. The van der Waals surface area contributed by atoms with Crippen molar-refractivity contribution in [3.63, 3.8) is 0 Å². The molecule has 4 heteroatoms. The molecule has 0 radical (unpaired) electrons. The Morgan fingerprint density at radius 1 is 2.00 bits per heavy atom. The van der Waals surface area contributed by atoms with Gasteiger partial charge < -0.3 is 0 Å². The third-order valence-corrected chi connectivity index (χ3v) is 1.14. The van der Waals surface area contributed by atoms with Crippen LogP contribution in [0.2, 0.25) is 0 Å². The molecule has 0 saturated carbocycles. The molecule has 0 unspecified atom stereocenters. The highest BCUT2D eigenvalue weighted by molar-refractivity contribution is 14.1. The number of carbonyl (C=O) groups is 1. The molecule has 0 atom stereocenters. The molecule has 0 aromatic rings. The van der Waals surface area contributed by atoms with Gasteiger partial charge in [-0.2, -0.15) is 12.6 Å². The average Bonchev–Trinajstić information content (AvgIpc) is 1.65. The summed E-state index contributed by atoms with van der Waals surface area (Å²) >= 11 is 5.44. The second-order valence-corrected chi connectivity index (χ2v) is 1.53. The zero-order chi connectivity index (χ0) is 4.99. The maximum atomic E-state index is 9.99. The smallest absolute Gasteiger partial charge is 0.238 e. The maximum absolute atomic E-state index is 9.99. The zero-order valence-corrected chi connectivity index (χ0v) is 5.99. The van der Waals surface area contributed by atoms with Crippen molar-refractivity contribution in [2.75, 3.05) is 5.75 Å². The highest BCUT2D eigenvalue weighted by Crippen LogP contribution is 1.74. The molecule has 0 spiro atoms. The minimum Gasteiger partial charge on any atom is -0.298 e. The number of nitrogens with one attached hydrogen (secondary N) is 1. The van der Waals surface area contributed by atoms with Gasteiger partial charge in [0.15, 0.2) is 0 Å². The fourth-order valence-electron chi connectivity index (χ4n) is 0.0299. The van der Waals surface area contributed by atoms with Crippen LogP contribution in [0.4, 0.5) is 0 Å². The van der Waals surface area contributed by atoms with Crippen LogP contribution in [-0.2, 0) is 4.79 Å². The van der Waals surface area contributed by atoms with Crippen molar-refractivity contribution >= 4 is 41.4 Å². The summed E-state index contributed by atoms with van der Waals surface area (Å²) in [6.07, 6.45) is 0. The normalized spacial score (nSPS) is 7.67. The molecular weight excluding hydrogens is 213 g/mol. The van der Waals surface area contributed by atoms with Crippen molar-refractivity contribution in [1.82, 2.24) is 3.53 Å². The average molecular weight is 217 g/mol. The number of carbonyl (C=O) groups excluding carboxylic acids is 1. The number of thiol groups is 1. The number of hydrogen-bond acceptors (Lipinski definition) is 2. The van der Waals surface area contributed by atoms with E-state index >= 15 is 0 Å². The minimum atomic E-state index is -0.0565. The molecule has 0 saturated heterocycles. The Morgan fingerprint density at radius 3 is 2.50 bits per heavy atom. The third kappa shape index (κ3) is 2.77. The van der Waals surface area contributed by atoms with Gasteiger partial charge in [-0.1, -0.05) is 0 Å². The van der Waals surface area contributed by atoms with Gasteiger partial charge in [0.05, 0.1) is 28.6 Å². The van der Waals surface area contributed by atoms with Crippen LogP contribution >= 0.6 is 35.5 Å². The topological polar surface area (TPSA) is 29.1 Å². The van der Waals surface area contributed by atoms with Crippen molar-refractivity contribution in [1.29, 1.82) is 0 Å². The van der Waals surface area contributed by atoms with Crippen LogP contribution in [0.1, 0.15) is 0 Å². The second-order valence-electron chi connectivity index (χ2n) is 0.676. The molecule has 0 aliphatic heterocycles. The first-order chi connectivity index (χ1) is 2.81. The lowest BCUT2D eigenvalue weighted by atomic mass is 10.8. The van der Waals surface area contributed by atoms with E-state index in [4.69, 9.17) is 0 Å². The SMILES string of the molecule is O=C(CS)NI. The molecular formula is C2H4INOS. The van der Waals surface area contributed by atoms with Crippen molar-refractivity contribution in [3.8, 4) is 0 Å². The minimum absolute atomic E-state index is 0.0565. The van der Waals surface area contributed by atoms with E-state index in [0.29, 0.717) is 0 Å². The van der Waals surface area contributed by atoms with Gasteiger partial charge in [-0.25, -0.2) is 0 Å². The van der Waals surface area contributed by atoms with Crippen LogP contribution in [-0.4, -0.2) is 11.7 Å². The third-order valence-electron chi connectivity index (χ3n) is 0.249. The monoisotopic (exact) mass is 217 g/mol. The summed E-state index contributed by atoms with van der Waals surface area (Å²) in [6, 6.07) is 0. The van der Waals surface area contributed by atoms with E-state index in [1.165, 1.54) is 0 Å². The van der Waals surface area contributed by atoms with Crippen molar-refractivity contribution in [2.45, 2.75) is 0 Å². The summed E-state index contributed by atoms with van der Waals surface area (Å²) in [6.45, 7) is 0. The molecule has 1 amide bonds. The molecule has 6 heavy (non-hydrogen) atoms. The molecule has 36 valence electrons.